The fraction of sp³-hybridized carbons (Fsp3) is 0.227. The van der Waals surface area contributed by atoms with Crippen LogP contribution in [0.2, 0.25) is 0 Å². The third-order valence-electron chi connectivity index (χ3n) is 4.97. The minimum atomic E-state index is -0.530. The van der Waals surface area contributed by atoms with Gasteiger partial charge < -0.3 is 16.0 Å². The number of aromatic nitrogens is 2. The van der Waals surface area contributed by atoms with Crippen LogP contribution >= 0.6 is 0 Å². The van der Waals surface area contributed by atoms with Crippen molar-refractivity contribution in [2.75, 3.05) is 31.3 Å². The number of rotatable bonds is 8. The summed E-state index contributed by atoms with van der Waals surface area (Å²) in [4.78, 5) is 24.8. The Morgan fingerprint density at radius 1 is 1.30 bits per heavy atom. The second kappa shape index (κ2) is 9.78. The molecule has 11 heteroatoms. The van der Waals surface area contributed by atoms with E-state index in [-0.39, 0.29) is 29.2 Å². The summed E-state index contributed by atoms with van der Waals surface area (Å²) < 4.78 is 14.6. The zero-order chi connectivity index (χ0) is 24.1. The van der Waals surface area contributed by atoms with Gasteiger partial charge >= 0.3 is 0 Å². The van der Waals surface area contributed by atoms with E-state index in [1.165, 1.54) is 47.1 Å². The fourth-order valence-corrected chi connectivity index (χ4v) is 3.30. The van der Waals surface area contributed by atoms with Gasteiger partial charge in [0, 0.05) is 32.3 Å². The first-order chi connectivity index (χ1) is 15.7. The molecule has 0 aliphatic carbocycles. The summed E-state index contributed by atoms with van der Waals surface area (Å²) >= 11 is 0. The van der Waals surface area contributed by atoms with Gasteiger partial charge in [-0.1, -0.05) is 0 Å². The highest BCUT2D eigenvalue weighted by atomic mass is 19.1. The Labute approximate surface area is 189 Å². The predicted molar refractivity (Wildman–Crippen MR) is 121 cm³/mol. The van der Waals surface area contributed by atoms with Crippen LogP contribution in [0.15, 0.2) is 42.5 Å². The number of hydrogen-bond donors (Lipinski definition) is 2. The van der Waals surface area contributed by atoms with Gasteiger partial charge in [-0.05, 0) is 49.2 Å². The number of carbonyl (C=O) groups excluding carboxylic acids is 1. The Bertz CT molecular complexity index is 1230. The molecule has 0 fully saturated rings. The van der Waals surface area contributed by atoms with Crippen LogP contribution in [0.25, 0.3) is 5.69 Å². The molecule has 170 valence electrons. The topological polar surface area (TPSA) is 143 Å². The number of nitrogen functional groups attached to an aromatic ring is 1. The summed E-state index contributed by atoms with van der Waals surface area (Å²) in [7, 11) is 3.36. The van der Waals surface area contributed by atoms with Crippen molar-refractivity contribution in [2.24, 2.45) is 0 Å². The summed E-state index contributed by atoms with van der Waals surface area (Å²) in [5.41, 5.74) is 7.66. The predicted octanol–water partition coefficient (Wildman–Crippen LogP) is 2.80. The first-order valence-electron chi connectivity index (χ1n) is 10.00. The highest BCUT2D eigenvalue weighted by molar-refractivity contribution is 5.95. The Morgan fingerprint density at radius 2 is 2.00 bits per heavy atom. The monoisotopic (exact) mass is 451 g/mol. The molecule has 0 aliphatic heterocycles. The Kier molecular flexibility index (Phi) is 6.88. The van der Waals surface area contributed by atoms with Crippen molar-refractivity contribution in [3.63, 3.8) is 0 Å². The molecule has 0 unspecified atom stereocenters. The molecule has 0 spiro atoms. The standard InChI is InChI=1S/C22H22FN7O3/c1-28(2)19-10-5-14(12-20(19)30(32)33)22(31)26-11-3-4-18-17(13-24)21(25)29(27-18)16-8-6-15(23)7-9-16/h5-10,12H,3-4,11,25H2,1-2H3,(H,26,31). The molecule has 3 N–H and O–H groups in total. The van der Waals surface area contributed by atoms with E-state index in [1.54, 1.807) is 19.0 Å². The minimum absolute atomic E-state index is 0.149. The SMILES string of the molecule is CN(C)c1ccc(C(=O)NCCCc2nn(-c3ccc(F)cc3)c(N)c2C#N)cc1[N+](=O)[O-]. The van der Waals surface area contributed by atoms with Gasteiger partial charge in [-0.25, -0.2) is 9.07 Å². The normalized spacial score (nSPS) is 10.5. The smallest absolute Gasteiger partial charge is 0.293 e. The average Bonchev–Trinajstić information content (AvgIpc) is 3.11. The third kappa shape index (κ3) is 5.07. The van der Waals surface area contributed by atoms with Gasteiger partial charge in [-0.3, -0.25) is 14.9 Å². The average molecular weight is 451 g/mol. The summed E-state index contributed by atoms with van der Waals surface area (Å²) in [6.07, 6.45) is 0.819. The summed E-state index contributed by atoms with van der Waals surface area (Å²) in [5, 5.41) is 27.9. The van der Waals surface area contributed by atoms with Crippen LogP contribution in [-0.2, 0) is 6.42 Å². The molecule has 33 heavy (non-hydrogen) atoms. The number of halogens is 1. The zero-order valence-electron chi connectivity index (χ0n) is 18.1. The number of nitro groups is 1. The lowest BCUT2D eigenvalue weighted by atomic mass is 10.1. The molecule has 0 bridgehead atoms. The molecule has 0 atom stereocenters. The number of nitro benzene ring substituents is 1. The number of aryl methyl sites for hydroxylation is 1. The Hall–Kier alpha value is -4.46. The Morgan fingerprint density at radius 3 is 2.61 bits per heavy atom. The van der Waals surface area contributed by atoms with Crippen LogP contribution in [0.3, 0.4) is 0 Å². The quantitative estimate of drug-likeness (QED) is 0.304. The van der Waals surface area contributed by atoms with Crippen molar-refractivity contribution in [1.82, 2.24) is 15.1 Å². The molecule has 1 heterocycles. The van der Waals surface area contributed by atoms with E-state index in [4.69, 9.17) is 5.73 Å². The van der Waals surface area contributed by atoms with E-state index >= 15 is 0 Å². The fourth-order valence-electron chi connectivity index (χ4n) is 3.30. The lowest BCUT2D eigenvalue weighted by Gasteiger charge is -2.13. The van der Waals surface area contributed by atoms with E-state index in [0.29, 0.717) is 29.9 Å². The van der Waals surface area contributed by atoms with Gasteiger partial charge in [0.05, 0.1) is 16.3 Å². The molecule has 3 aromatic rings. The number of nitrogens with two attached hydrogens (primary N) is 1. The second-order valence-electron chi connectivity index (χ2n) is 7.42. The summed E-state index contributed by atoms with van der Waals surface area (Å²) in [6, 6.07) is 11.9. The highest BCUT2D eigenvalue weighted by Gasteiger charge is 2.19. The number of amides is 1. The van der Waals surface area contributed by atoms with Crippen molar-refractivity contribution in [1.29, 1.82) is 5.26 Å². The van der Waals surface area contributed by atoms with E-state index in [9.17, 15) is 24.6 Å². The number of nitriles is 1. The molecule has 0 aliphatic rings. The molecule has 0 saturated heterocycles. The lowest BCUT2D eigenvalue weighted by Crippen LogP contribution is -2.25. The summed E-state index contributed by atoms with van der Waals surface area (Å²) in [5.74, 6) is -0.695. The van der Waals surface area contributed by atoms with Crippen LogP contribution in [0.4, 0.5) is 21.6 Å². The number of nitrogens with one attached hydrogen (secondary N) is 1. The number of anilines is 2. The van der Waals surface area contributed by atoms with Crippen molar-refractivity contribution in [3.8, 4) is 11.8 Å². The van der Waals surface area contributed by atoms with Crippen LogP contribution < -0.4 is 16.0 Å². The van der Waals surface area contributed by atoms with Crippen LogP contribution in [0.5, 0.6) is 0 Å². The van der Waals surface area contributed by atoms with E-state index < -0.39 is 16.6 Å². The second-order valence-corrected chi connectivity index (χ2v) is 7.42. The maximum atomic E-state index is 13.2. The van der Waals surface area contributed by atoms with Crippen molar-refractivity contribution >= 4 is 23.1 Å². The molecule has 3 rings (SSSR count). The number of hydrogen-bond acceptors (Lipinski definition) is 7. The van der Waals surface area contributed by atoms with Gasteiger partial charge in [0.2, 0.25) is 0 Å². The van der Waals surface area contributed by atoms with Gasteiger partial charge in [0.15, 0.2) is 0 Å². The molecule has 0 radical (unpaired) electrons. The number of carbonyl (C=O) groups is 1. The highest BCUT2D eigenvalue weighted by Crippen LogP contribution is 2.27. The number of benzene rings is 2. The molecule has 1 aromatic heterocycles. The molecule has 10 nitrogen and oxygen atoms in total. The van der Waals surface area contributed by atoms with E-state index in [0.717, 1.165) is 0 Å². The third-order valence-corrected chi connectivity index (χ3v) is 4.97. The largest absolute Gasteiger partial charge is 0.382 e. The summed E-state index contributed by atoms with van der Waals surface area (Å²) in [6.45, 7) is 0.260. The first kappa shape index (κ1) is 23.2. The van der Waals surface area contributed by atoms with Crippen LogP contribution in [0, 0.1) is 27.3 Å². The van der Waals surface area contributed by atoms with E-state index in [2.05, 4.69) is 10.4 Å². The molecule has 1 amide bonds. The zero-order valence-corrected chi connectivity index (χ0v) is 18.1. The van der Waals surface area contributed by atoms with E-state index in [1.807, 2.05) is 6.07 Å². The van der Waals surface area contributed by atoms with Crippen molar-refractivity contribution in [2.45, 2.75) is 12.8 Å². The molecule has 0 saturated carbocycles. The Balaban J connectivity index is 1.65. The lowest BCUT2D eigenvalue weighted by molar-refractivity contribution is -0.384. The molecular weight excluding hydrogens is 429 g/mol. The van der Waals surface area contributed by atoms with Gasteiger partial charge in [0.25, 0.3) is 11.6 Å². The maximum absolute atomic E-state index is 13.2. The van der Waals surface area contributed by atoms with Crippen molar-refractivity contribution < 1.29 is 14.1 Å². The van der Waals surface area contributed by atoms with Gasteiger partial charge in [-0.15, -0.1) is 0 Å². The van der Waals surface area contributed by atoms with Crippen LogP contribution in [0.1, 0.15) is 28.0 Å². The molecule has 2 aromatic carbocycles. The van der Waals surface area contributed by atoms with Crippen molar-refractivity contribution in [3.05, 3.63) is 75.2 Å². The first-order valence-corrected chi connectivity index (χ1v) is 10.00. The number of nitrogens with zero attached hydrogens (tertiary/aromatic N) is 5. The van der Waals surface area contributed by atoms with Gasteiger partial charge in [-0.2, -0.15) is 10.4 Å². The van der Waals surface area contributed by atoms with Crippen LogP contribution in [-0.4, -0.2) is 41.3 Å². The molecular formula is C22H22FN7O3. The maximum Gasteiger partial charge on any atom is 0.293 e. The minimum Gasteiger partial charge on any atom is -0.382 e. The van der Waals surface area contributed by atoms with Gasteiger partial charge in [0.1, 0.15) is 29.0 Å².